The van der Waals surface area contributed by atoms with Crippen LogP contribution >= 0.6 is 0 Å². The van der Waals surface area contributed by atoms with E-state index in [1.165, 1.54) is 0 Å². The van der Waals surface area contributed by atoms with Crippen LogP contribution in [0.1, 0.15) is 5.56 Å². The first-order chi connectivity index (χ1) is 7.21. The number of benzene rings is 1. The Balaban J connectivity index is 2.83. The second kappa shape index (κ2) is 5.58. The highest BCUT2D eigenvalue weighted by Crippen LogP contribution is 2.27. The predicted octanol–water partition coefficient (Wildman–Crippen LogP) is 0.566. The molecule has 1 atom stereocenters. The molecule has 0 aliphatic rings. The van der Waals surface area contributed by atoms with Gasteiger partial charge >= 0.3 is 0 Å². The molecular weight excluding hydrogens is 194 g/mol. The molecule has 4 nitrogen and oxygen atoms in total. The SMILES string of the molecule is COc1ccc(C[C@@H](N)CO)cc1OC. The summed E-state index contributed by atoms with van der Waals surface area (Å²) >= 11 is 0. The van der Waals surface area contributed by atoms with Crippen molar-refractivity contribution in [2.24, 2.45) is 5.73 Å². The summed E-state index contributed by atoms with van der Waals surface area (Å²) in [5.74, 6) is 1.37. The molecule has 84 valence electrons. The lowest BCUT2D eigenvalue weighted by atomic mass is 10.1. The third kappa shape index (κ3) is 3.11. The van der Waals surface area contributed by atoms with Gasteiger partial charge in [0.1, 0.15) is 0 Å². The maximum atomic E-state index is 8.84. The fraction of sp³-hybridized carbons (Fsp3) is 0.455. The Morgan fingerprint density at radius 2 is 1.93 bits per heavy atom. The van der Waals surface area contributed by atoms with Gasteiger partial charge in [0.2, 0.25) is 0 Å². The van der Waals surface area contributed by atoms with Gasteiger partial charge in [0.15, 0.2) is 11.5 Å². The molecule has 3 N–H and O–H groups in total. The normalized spacial score (nSPS) is 12.3. The van der Waals surface area contributed by atoms with Crippen LogP contribution in [0.4, 0.5) is 0 Å². The number of ether oxygens (including phenoxy) is 2. The van der Waals surface area contributed by atoms with E-state index in [1.54, 1.807) is 14.2 Å². The van der Waals surface area contributed by atoms with Gasteiger partial charge in [-0.05, 0) is 24.1 Å². The number of methoxy groups -OCH3 is 2. The van der Waals surface area contributed by atoms with E-state index in [-0.39, 0.29) is 12.6 Å². The highest BCUT2D eigenvalue weighted by molar-refractivity contribution is 5.43. The lowest BCUT2D eigenvalue weighted by Gasteiger charge is -2.11. The first-order valence-electron chi connectivity index (χ1n) is 4.78. The summed E-state index contributed by atoms with van der Waals surface area (Å²) in [7, 11) is 3.19. The largest absolute Gasteiger partial charge is 0.493 e. The Bertz CT molecular complexity index is 315. The van der Waals surface area contributed by atoms with E-state index in [9.17, 15) is 0 Å². The van der Waals surface area contributed by atoms with Crippen LogP contribution in [0.25, 0.3) is 0 Å². The summed E-state index contributed by atoms with van der Waals surface area (Å²) in [5, 5.41) is 8.84. The van der Waals surface area contributed by atoms with E-state index in [0.717, 1.165) is 5.56 Å². The third-order valence-corrected chi connectivity index (χ3v) is 2.18. The van der Waals surface area contributed by atoms with Crippen molar-refractivity contribution in [2.45, 2.75) is 12.5 Å². The lowest BCUT2D eigenvalue weighted by molar-refractivity contribution is 0.265. The maximum Gasteiger partial charge on any atom is 0.160 e. The van der Waals surface area contributed by atoms with Gasteiger partial charge in [0.25, 0.3) is 0 Å². The molecule has 15 heavy (non-hydrogen) atoms. The third-order valence-electron chi connectivity index (χ3n) is 2.18. The van der Waals surface area contributed by atoms with Crippen molar-refractivity contribution >= 4 is 0 Å². The van der Waals surface area contributed by atoms with Gasteiger partial charge < -0.3 is 20.3 Å². The van der Waals surface area contributed by atoms with Crippen molar-refractivity contribution in [1.82, 2.24) is 0 Å². The van der Waals surface area contributed by atoms with E-state index in [0.29, 0.717) is 17.9 Å². The molecule has 0 saturated heterocycles. The van der Waals surface area contributed by atoms with Crippen LogP contribution in [0.5, 0.6) is 11.5 Å². The van der Waals surface area contributed by atoms with Crippen molar-refractivity contribution in [3.8, 4) is 11.5 Å². The van der Waals surface area contributed by atoms with Gasteiger partial charge in [-0.15, -0.1) is 0 Å². The number of hydrogen-bond donors (Lipinski definition) is 2. The zero-order chi connectivity index (χ0) is 11.3. The van der Waals surface area contributed by atoms with Gasteiger partial charge in [-0.1, -0.05) is 6.07 Å². The average Bonchev–Trinajstić information content (AvgIpc) is 2.28. The van der Waals surface area contributed by atoms with Gasteiger partial charge in [-0.2, -0.15) is 0 Å². The maximum absolute atomic E-state index is 8.84. The fourth-order valence-electron chi connectivity index (χ4n) is 1.37. The van der Waals surface area contributed by atoms with Crippen LogP contribution in [0, 0.1) is 0 Å². The molecule has 0 saturated carbocycles. The molecule has 0 amide bonds. The molecule has 0 aromatic heterocycles. The Labute approximate surface area is 89.6 Å². The van der Waals surface area contributed by atoms with Crippen molar-refractivity contribution in [1.29, 1.82) is 0 Å². The summed E-state index contributed by atoms with van der Waals surface area (Å²) in [4.78, 5) is 0. The summed E-state index contributed by atoms with van der Waals surface area (Å²) in [5.41, 5.74) is 6.67. The van der Waals surface area contributed by atoms with Gasteiger partial charge in [-0.25, -0.2) is 0 Å². The van der Waals surface area contributed by atoms with Crippen molar-refractivity contribution in [2.75, 3.05) is 20.8 Å². The summed E-state index contributed by atoms with van der Waals surface area (Å²) in [6.07, 6.45) is 0.622. The molecule has 0 aliphatic carbocycles. The van der Waals surface area contributed by atoms with E-state index in [4.69, 9.17) is 20.3 Å². The van der Waals surface area contributed by atoms with E-state index in [2.05, 4.69) is 0 Å². The Morgan fingerprint density at radius 1 is 1.27 bits per heavy atom. The van der Waals surface area contributed by atoms with Crippen LogP contribution in [0.2, 0.25) is 0 Å². The number of rotatable bonds is 5. The summed E-state index contributed by atoms with van der Waals surface area (Å²) < 4.78 is 10.3. The number of aliphatic hydroxyl groups excluding tert-OH is 1. The molecule has 0 radical (unpaired) electrons. The highest BCUT2D eigenvalue weighted by Gasteiger charge is 2.07. The minimum atomic E-state index is -0.233. The molecule has 0 fully saturated rings. The van der Waals surface area contributed by atoms with Gasteiger partial charge in [-0.3, -0.25) is 0 Å². The topological polar surface area (TPSA) is 64.7 Å². The molecule has 0 heterocycles. The summed E-state index contributed by atoms with van der Waals surface area (Å²) in [6, 6.07) is 5.38. The smallest absolute Gasteiger partial charge is 0.160 e. The number of nitrogens with two attached hydrogens (primary N) is 1. The minimum absolute atomic E-state index is 0.0195. The van der Waals surface area contributed by atoms with Crippen molar-refractivity contribution < 1.29 is 14.6 Å². The first-order valence-corrected chi connectivity index (χ1v) is 4.78. The van der Waals surface area contributed by atoms with Crippen LogP contribution in [0.15, 0.2) is 18.2 Å². The second-order valence-corrected chi connectivity index (χ2v) is 3.34. The molecule has 4 heteroatoms. The molecule has 0 spiro atoms. The molecule has 1 aromatic rings. The summed E-state index contributed by atoms with van der Waals surface area (Å²) in [6.45, 7) is -0.0195. The van der Waals surface area contributed by atoms with Crippen LogP contribution in [-0.2, 0) is 6.42 Å². The lowest BCUT2D eigenvalue weighted by Crippen LogP contribution is -2.26. The average molecular weight is 211 g/mol. The van der Waals surface area contributed by atoms with Crippen LogP contribution in [-0.4, -0.2) is 32.0 Å². The van der Waals surface area contributed by atoms with Crippen LogP contribution < -0.4 is 15.2 Å². The molecule has 0 bridgehead atoms. The van der Waals surface area contributed by atoms with E-state index >= 15 is 0 Å². The van der Waals surface area contributed by atoms with E-state index < -0.39 is 0 Å². The molecule has 1 aromatic carbocycles. The standard InChI is InChI=1S/C11H17NO3/c1-14-10-4-3-8(5-9(12)7-13)6-11(10)15-2/h3-4,6,9,13H,5,7,12H2,1-2H3/t9-/m1/s1. The fourth-order valence-corrected chi connectivity index (χ4v) is 1.37. The van der Waals surface area contributed by atoms with E-state index in [1.807, 2.05) is 18.2 Å². The van der Waals surface area contributed by atoms with Gasteiger partial charge in [0, 0.05) is 6.04 Å². The number of hydrogen-bond acceptors (Lipinski definition) is 4. The minimum Gasteiger partial charge on any atom is -0.493 e. The van der Waals surface area contributed by atoms with Gasteiger partial charge in [0.05, 0.1) is 20.8 Å². The highest BCUT2D eigenvalue weighted by atomic mass is 16.5. The Morgan fingerprint density at radius 3 is 2.47 bits per heavy atom. The molecular formula is C11H17NO3. The Kier molecular flexibility index (Phi) is 4.39. The van der Waals surface area contributed by atoms with Crippen LogP contribution in [0.3, 0.4) is 0 Å². The van der Waals surface area contributed by atoms with Crippen molar-refractivity contribution in [3.05, 3.63) is 23.8 Å². The number of aliphatic hydroxyl groups is 1. The quantitative estimate of drug-likeness (QED) is 0.747. The first kappa shape index (κ1) is 11.8. The zero-order valence-corrected chi connectivity index (χ0v) is 9.06. The molecule has 0 unspecified atom stereocenters. The molecule has 0 aliphatic heterocycles. The monoisotopic (exact) mass is 211 g/mol. The second-order valence-electron chi connectivity index (χ2n) is 3.34. The predicted molar refractivity (Wildman–Crippen MR) is 58.3 cm³/mol. The Hall–Kier alpha value is -1.26. The molecule has 1 rings (SSSR count). The van der Waals surface area contributed by atoms with Crippen molar-refractivity contribution in [3.63, 3.8) is 0 Å². The zero-order valence-electron chi connectivity index (χ0n) is 9.06.